The first-order chi connectivity index (χ1) is 12.3. The van der Waals surface area contributed by atoms with Gasteiger partial charge < -0.3 is 9.57 Å². The van der Waals surface area contributed by atoms with Crippen molar-refractivity contribution >= 4 is 17.3 Å². The summed E-state index contributed by atoms with van der Waals surface area (Å²) in [5.41, 5.74) is 0.983. The quantitative estimate of drug-likeness (QED) is 0.517. The molecule has 1 heterocycles. The third-order valence-electron chi connectivity index (χ3n) is 4.28. The van der Waals surface area contributed by atoms with Gasteiger partial charge in [-0.25, -0.2) is 4.98 Å². The molecule has 26 heavy (non-hydrogen) atoms. The number of hydrogen-bond donors (Lipinski definition) is 0. The standard InChI is InChI=1S/C18H16ClF3N2O2/c1-10(14-8-15(14)11-3-5-13(25-2)6-4-11)24-26-17-16(19)7-12(9-23-17)18(20,21)22/h3-7,9,14-15H,8H2,1-2H3/b24-10-/t14-,15+/m0/s1. The molecule has 0 radical (unpaired) electrons. The lowest BCUT2D eigenvalue weighted by atomic mass is 10.1. The summed E-state index contributed by atoms with van der Waals surface area (Å²) in [5.74, 6) is 1.20. The highest BCUT2D eigenvalue weighted by Crippen LogP contribution is 2.48. The van der Waals surface area contributed by atoms with Crippen LogP contribution in [-0.4, -0.2) is 17.8 Å². The predicted octanol–water partition coefficient (Wildman–Crippen LogP) is 5.32. The molecular weight excluding hydrogens is 369 g/mol. The van der Waals surface area contributed by atoms with Crippen molar-refractivity contribution in [2.45, 2.75) is 25.4 Å². The summed E-state index contributed by atoms with van der Waals surface area (Å²) in [6.07, 6.45) is -2.91. The number of halogens is 4. The van der Waals surface area contributed by atoms with Crippen LogP contribution in [0.3, 0.4) is 0 Å². The molecule has 8 heteroatoms. The Morgan fingerprint density at radius 2 is 1.96 bits per heavy atom. The minimum absolute atomic E-state index is 0.152. The Bertz CT molecular complexity index is 822. The molecule has 1 aromatic heterocycles. The lowest BCUT2D eigenvalue weighted by molar-refractivity contribution is -0.137. The second-order valence-corrected chi connectivity index (χ2v) is 6.46. The lowest BCUT2D eigenvalue weighted by Gasteiger charge is -2.08. The molecule has 0 spiro atoms. The monoisotopic (exact) mass is 384 g/mol. The fourth-order valence-corrected chi connectivity index (χ4v) is 2.91. The van der Waals surface area contributed by atoms with Gasteiger partial charge in [-0.1, -0.05) is 28.9 Å². The second kappa shape index (κ2) is 7.15. The average Bonchev–Trinajstić information content (AvgIpc) is 3.40. The van der Waals surface area contributed by atoms with Crippen molar-refractivity contribution < 1.29 is 22.7 Å². The van der Waals surface area contributed by atoms with Crippen molar-refractivity contribution in [2.75, 3.05) is 7.11 Å². The van der Waals surface area contributed by atoms with Crippen LogP contribution in [-0.2, 0) is 6.18 Å². The first-order valence-electron chi connectivity index (χ1n) is 7.87. The first-order valence-corrected chi connectivity index (χ1v) is 8.25. The minimum atomic E-state index is -4.51. The molecule has 138 valence electrons. The summed E-state index contributed by atoms with van der Waals surface area (Å²) in [6, 6.07) is 8.59. The zero-order valence-corrected chi connectivity index (χ0v) is 14.8. The van der Waals surface area contributed by atoms with Crippen LogP contribution in [0.15, 0.2) is 41.7 Å². The number of aromatic nitrogens is 1. The van der Waals surface area contributed by atoms with Crippen LogP contribution in [0.25, 0.3) is 0 Å². The molecule has 0 N–H and O–H groups in total. The predicted molar refractivity (Wildman–Crippen MR) is 91.8 cm³/mol. The summed E-state index contributed by atoms with van der Waals surface area (Å²) in [5, 5.41) is 3.75. The number of alkyl halides is 3. The molecule has 4 nitrogen and oxygen atoms in total. The maximum atomic E-state index is 12.6. The Balaban J connectivity index is 1.64. The van der Waals surface area contributed by atoms with Crippen LogP contribution in [0.1, 0.15) is 30.4 Å². The smallest absolute Gasteiger partial charge is 0.417 e. The Morgan fingerprint density at radius 1 is 1.27 bits per heavy atom. The number of oxime groups is 1. The van der Waals surface area contributed by atoms with Gasteiger partial charge in [0.2, 0.25) is 0 Å². The molecule has 1 saturated carbocycles. The van der Waals surface area contributed by atoms with Gasteiger partial charge in [0.15, 0.2) is 0 Å². The van der Waals surface area contributed by atoms with Gasteiger partial charge in [0.25, 0.3) is 5.88 Å². The Morgan fingerprint density at radius 3 is 2.54 bits per heavy atom. The summed E-state index contributed by atoms with van der Waals surface area (Å²) in [7, 11) is 1.61. The Kier molecular flexibility index (Phi) is 5.09. The van der Waals surface area contributed by atoms with Crippen LogP contribution in [0.4, 0.5) is 13.2 Å². The molecule has 1 fully saturated rings. The third kappa shape index (κ3) is 4.09. The van der Waals surface area contributed by atoms with Crippen LogP contribution in [0, 0.1) is 5.92 Å². The van der Waals surface area contributed by atoms with E-state index in [1.807, 2.05) is 31.2 Å². The van der Waals surface area contributed by atoms with E-state index in [-0.39, 0.29) is 16.8 Å². The van der Waals surface area contributed by atoms with Gasteiger partial charge in [-0.15, -0.1) is 0 Å². The van der Waals surface area contributed by atoms with Crippen molar-refractivity contribution in [3.8, 4) is 11.6 Å². The van der Waals surface area contributed by atoms with E-state index >= 15 is 0 Å². The van der Waals surface area contributed by atoms with Crippen molar-refractivity contribution in [3.05, 3.63) is 52.7 Å². The van der Waals surface area contributed by atoms with Gasteiger partial charge in [0.1, 0.15) is 10.8 Å². The summed E-state index contributed by atoms with van der Waals surface area (Å²) >= 11 is 5.80. The number of benzene rings is 1. The highest BCUT2D eigenvalue weighted by Gasteiger charge is 2.41. The molecule has 0 bridgehead atoms. The second-order valence-electron chi connectivity index (χ2n) is 6.05. The first kappa shape index (κ1) is 18.5. The van der Waals surface area contributed by atoms with Gasteiger partial charge in [0, 0.05) is 12.1 Å². The highest BCUT2D eigenvalue weighted by molar-refractivity contribution is 6.31. The Labute approximate surface area is 153 Å². The maximum Gasteiger partial charge on any atom is 0.417 e. The molecule has 2 aromatic rings. The van der Waals surface area contributed by atoms with Gasteiger partial charge in [-0.05, 0) is 43.0 Å². The van der Waals surface area contributed by atoms with Crippen LogP contribution in [0.5, 0.6) is 11.6 Å². The summed E-state index contributed by atoms with van der Waals surface area (Å²) < 4.78 is 43.0. The molecule has 0 aliphatic heterocycles. The van der Waals surface area contributed by atoms with Gasteiger partial charge in [0.05, 0.1) is 18.4 Å². The van der Waals surface area contributed by atoms with Crippen LogP contribution >= 0.6 is 11.6 Å². The maximum absolute atomic E-state index is 12.6. The minimum Gasteiger partial charge on any atom is -0.497 e. The number of rotatable bonds is 5. The number of hydrogen-bond acceptors (Lipinski definition) is 4. The van der Waals surface area contributed by atoms with E-state index in [0.717, 1.165) is 23.9 Å². The normalized spacial score (nSPS) is 20.0. The fraction of sp³-hybridized carbons (Fsp3) is 0.333. The van der Waals surface area contributed by atoms with E-state index in [1.54, 1.807) is 7.11 Å². The number of ether oxygens (including phenoxy) is 1. The fourth-order valence-electron chi connectivity index (χ4n) is 2.71. The molecular formula is C18H16ClF3N2O2. The zero-order chi connectivity index (χ0) is 18.9. The van der Waals surface area contributed by atoms with Crippen molar-refractivity contribution in [3.63, 3.8) is 0 Å². The third-order valence-corrected chi connectivity index (χ3v) is 4.55. The molecule has 3 rings (SSSR count). The lowest BCUT2D eigenvalue weighted by Crippen LogP contribution is -2.06. The molecule has 1 aliphatic rings. The van der Waals surface area contributed by atoms with E-state index < -0.39 is 11.7 Å². The van der Waals surface area contributed by atoms with Crippen molar-refractivity contribution in [1.82, 2.24) is 4.98 Å². The summed E-state index contributed by atoms with van der Waals surface area (Å²) in [4.78, 5) is 8.74. The largest absolute Gasteiger partial charge is 0.497 e. The van der Waals surface area contributed by atoms with Gasteiger partial charge in [-0.3, -0.25) is 0 Å². The Hall–Kier alpha value is -2.28. The van der Waals surface area contributed by atoms with E-state index in [4.69, 9.17) is 21.2 Å². The van der Waals surface area contributed by atoms with Crippen LogP contribution < -0.4 is 9.57 Å². The molecule has 0 saturated heterocycles. The van der Waals surface area contributed by atoms with E-state index in [2.05, 4.69) is 10.1 Å². The topological polar surface area (TPSA) is 43.7 Å². The number of pyridine rings is 1. The van der Waals surface area contributed by atoms with E-state index in [9.17, 15) is 13.2 Å². The molecule has 1 aromatic carbocycles. The molecule has 1 aliphatic carbocycles. The molecule has 2 atom stereocenters. The molecule has 0 amide bonds. The van der Waals surface area contributed by atoms with E-state index in [1.165, 1.54) is 5.56 Å². The van der Waals surface area contributed by atoms with Crippen LogP contribution in [0.2, 0.25) is 5.02 Å². The SMILES string of the molecule is COc1ccc([C@H]2C[C@H]2/C(C)=N\Oc2ncc(C(F)(F)F)cc2Cl)cc1. The number of nitrogens with zero attached hydrogens (tertiary/aromatic N) is 2. The summed E-state index contributed by atoms with van der Waals surface area (Å²) in [6.45, 7) is 1.81. The van der Waals surface area contributed by atoms with Gasteiger partial charge in [-0.2, -0.15) is 13.2 Å². The van der Waals surface area contributed by atoms with Crippen molar-refractivity contribution in [2.24, 2.45) is 11.1 Å². The zero-order valence-electron chi connectivity index (χ0n) is 14.0. The number of methoxy groups -OCH3 is 1. The van der Waals surface area contributed by atoms with Crippen molar-refractivity contribution in [1.29, 1.82) is 0 Å². The van der Waals surface area contributed by atoms with E-state index in [0.29, 0.717) is 12.1 Å². The molecule has 0 unspecified atom stereocenters. The van der Waals surface area contributed by atoms with Gasteiger partial charge >= 0.3 is 6.18 Å². The highest BCUT2D eigenvalue weighted by atomic mass is 35.5. The average molecular weight is 385 g/mol.